The molecule has 2 aromatic carbocycles. The topological polar surface area (TPSA) is 67.4 Å². The summed E-state index contributed by atoms with van der Waals surface area (Å²) >= 11 is 1.64. The second-order valence-electron chi connectivity index (χ2n) is 5.46. The van der Waals surface area contributed by atoms with E-state index in [1.165, 1.54) is 6.92 Å². The predicted molar refractivity (Wildman–Crippen MR) is 109 cm³/mol. The molecule has 2 amide bonds. The summed E-state index contributed by atoms with van der Waals surface area (Å²) in [5.41, 5.74) is 1.33. The van der Waals surface area contributed by atoms with Crippen LogP contribution in [0.15, 0.2) is 53.4 Å². The molecule has 140 valence electrons. The Labute approximate surface area is 163 Å². The monoisotopic (exact) mass is 382 g/mol. The van der Waals surface area contributed by atoms with Crippen LogP contribution in [0.2, 0.25) is 0 Å². The van der Waals surface area contributed by atoms with Gasteiger partial charge in [0.2, 0.25) is 5.91 Å². The molecule has 6 heteroatoms. The van der Waals surface area contributed by atoms with Gasteiger partial charge < -0.3 is 15.4 Å². The van der Waals surface area contributed by atoms with Gasteiger partial charge in [-0.15, -0.1) is 11.8 Å². The first kappa shape index (κ1) is 20.4. The molecular weight excluding hydrogens is 360 g/mol. The van der Waals surface area contributed by atoms with Gasteiger partial charge >= 0.3 is 0 Å². The van der Waals surface area contributed by atoms with Crippen molar-refractivity contribution in [1.29, 1.82) is 0 Å². The second-order valence-corrected chi connectivity index (χ2v) is 6.77. The minimum Gasteiger partial charge on any atom is -0.481 e. The lowest BCUT2D eigenvalue weighted by atomic mass is 10.2. The molecule has 0 bridgehead atoms. The van der Waals surface area contributed by atoms with Crippen LogP contribution < -0.4 is 15.4 Å². The highest BCUT2D eigenvalue weighted by Crippen LogP contribution is 2.22. The Morgan fingerprint density at radius 2 is 1.93 bits per heavy atom. The number of ether oxygens (including phenoxy) is 1. The summed E-state index contributed by atoms with van der Waals surface area (Å²) in [7, 11) is 0. The molecular formula is C21H22N2O3S. The Morgan fingerprint density at radius 3 is 2.70 bits per heavy atom. The van der Waals surface area contributed by atoms with E-state index in [9.17, 15) is 9.59 Å². The van der Waals surface area contributed by atoms with Gasteiger partial charge in [0.05, 0.1) is 12.1 Å². The summed E-state index contributed by atoms with van der Waals surface area (Å²) in [6.45, 7) is 3.95. The van der Waals surface area contributed by atoms with Crippen LogP contribution in [0.3, 0.4) is 0 Å². The highest BCUT2D eigenvalue weighted by Gasteiger charge is 2.09. The summed E-state index contributed by atoms with van der Waals surface area (Å²) < 4.78 is 5.53. The fourth-order valence-electron chi connectivity index (χ4n) is 2.26. The summed E-state index contributed by atoms with van der Waals surface area (Å²) in [5, 5.41) is 5.49. The molecule has 0 heterocycles. The molecule has 0 aliphatic rings. The van der Waals surface area contributed by atoms with E-state index in [0.717, 1.165) is 10.6 Å². The van der Waals surface area contributed by atoms with E-state index in [1.807, 2.05) is 24.3 Å². The van der Waals surface area contributed by atoms with E-state index in [4.69, 9.17) is 4.74 Å². The molecule has 0 saturated carbocycles. The first-order valence-corrected chi connectivity index (χ1v) is 9.55. The van der Waals surface area contributed by atoms with Crippen molar-refractivity contribution in [2.45, 2.75) is 18.7 Å². The molecule has 0 unspecified atom stereocenters. The predicted octanol–water partition coefficient (Wildman–Crippen LogP) is 3.57. The van der Waals surface area contributed by atoms with Crippen LogP contribution in [0.5, 0.6) is 5.75 Å². The van der Waals surface area contributed by atoms with Gasteiger partial charge in [-0.25, -0.2) is 0 Å². The highest BCUT2D eigenvalue weighted by atomic mass is 32.2. The van der Waals surface area contributed by atoms with Crippen molar-refractivity contribution < 1.29 is 14.3 Å². The van der Waals surface area contributed by atoms with E-state index in [2.05, 4.69) is 29.4 Å². The molecule has 27 heavy (non-hydrogen) atoms. The molecule has 2 aromatic rings. The first-order valence-electron chi connectivity index (χ1n) is 8.56. The van der Waals surface area contributed by atoms with Gasteiger partial charge in [-0.05, 0) is 30.0 Å². The van der Waals surface area contributed by atoms with E-state index in [-0.39, 0.29) is 25.0 Å². The molecule has 0 fully saturated rings. The number of carbonyl (C=O) groups is 2. The Balaban J connectivity index is 1.80. The molecule has 0 saturated heterocycles. The summed E-state index contributed by atoms with van der Waals surface area (Å²) in [4.78, 5) is 24.3. The summed E-state index contributed by atoms with van der Waals surface area (Å²) in [5.74, 6) is 6.98. The zero-order chi connectivity index (χ0) is 19.5. The lowest BCUT2D eigenvalue weighted by molar-refractivity contribution is -0.114. The van der Waals surface area contributed by atoms with Crippen LogP contribution in [0.25, 0.3) is 0 Å². The van der Waals surface area contributed by atoms with Crippen LogP contribution in [-0.2, 0) is 4.79 Å². The van der Waals surface area contributed by atoms with E-state index in [1.54, 1.807) is 36.0 Å². The lowest BCUT2D eigenvalue weighted by Crippen LogP contribution is -2.24. The Morgan fingerprint density at radius 1 is 1.11 bits per heavy atom. The second kappa shape index (κ2) is 10.9. The van der Waals surface area contributed by atoms with Crippen LogP contribution >= 0.6 is 11.8 Å². The lowest BCUT2D eigenvalue weighted by Gasteiger charge is -2.07. The number of thioether (sulfide) groups is 1. The number of nitrogens with one attached hydrogen (secondary N) is 2. The Bertz CT molecular complexity index is 856. The third-order valence-corrected chi connectivity index (χ3v) is 4.31. The van der Waals surface area contributed by atoms with Crippen molar-refractivity contribution in [3.05, 3.63) is 54.1 Å². The van der Waals surface area contributed by atoms with Crippen LogP contribution in [0.1, 0.15) is 24.2 Å². The zero-order valence-corrected chi connectivity index (χ0v) is 16.2. The van der Waals surface area contributed by atoms with E-state index in [0.29, 0.717) is 17.0 Å². The van der Waals surface area contributed by atoms with Gasteiger partial charge in [-0.1, -0.05) is 37.0 Å². The molecule has 2 rings (SSSR count). The average Bonchev–Trinajstić information content (AvgIpc) is 2.65. The maximum absolute atomic E-state index is 12.3. The number of rotatable bonds is 7. The summed E-state index contributed by atoms with van der Waals surface area (Å²) in [6.07, 6.45) is 0. The number of hydrogen-bond acceptors (Lipinski definition) is 4. The molecule has 0 atom stereocenters. The van der Waals surface area contributed by atoms with Crippen molar-refractivity contribution >= 4 is 29.3 Å². The average molecular weight is 382 g/mol. The third kappa shape index (κ3) is 7.08. The SMILES string of the molecule is CCSc1ccccc1C(=O)NCC#CCOc1cccc(NC(C)=O)c1. The van der Waals surface area contributed by atoms with Crippen molar-refractivity contribution in [3.8, 4) is 17.6 Å². The van der Waals surface area contributed by atoms with Gasteiger partial charge in [0.25, 0.3) is 5.91 Å². The molecule has 0 aliphatic heterocycles. The summed E-state index contributed by atoms with van der Waals surface area (Å²) in [6, 6.07) is 14.6. The maximum Gasteiger partial charge on any atom is 0.253 e. The van der Waals surface area contributed by atoms with Crippen LogP contribution in [0, 0.1) is 11.8 Å². The Hall–Kier alpha value is -2.91. The van der Waals surface area contributed by atoms with E-state index < -0.39 is 0 Å². The van der Waals surface area contributed by atoms with Gasteiger partial charge in [-0.3, -0.25) is 9.59 Å². The number of carbonyl (C=O) groups excluding carboxylic acids is 2. The molecule has 2 N–H and O–H groups in total. The van der Waals surface area contributed by atoms with E-state index >= 15 is 0 Å². The van der Waals surface area contributed by atoms with Crippen molar-refractivity contribution in [2.75, 3.05) is 24.2 Å². The first-order chi connectivity index (χ1) is 13.1. The smallest absolute Gasteiger partial charge is 0.253 e. The van der Waals surface area contributed by atoms with Crippen LogP contribution in [-0.4, -0.2) is 30.7 Å². The number of hydrogen-bond donors (Lipinski definition) is 2. The number of benzene rings is 2. The minimum absolute atomic E-state index is 0.134. The van der Waals surface area contributed by atoms with Gasteiger partial charge in [0, 0.05) is 23.6 Å². The normalized spacial score (nSPS) is 9.70. The van der Waals surface area contributed by atoms with Gasteiger partial charge in [0.15, 0.2) is 0 Å². The maximum atomic E-state index is 12.3. The molecule has 0 aromatic heterocycles. The van der Waals surface area contributed by atoms with Gasteiger partial charge in [-0.2, -0.15) is 0 Å². The third-order valence-electron chi connectivity index (χ3n) is 3.36. The zero-order valence-electron chi connectivity index (χ0n) is 15.4. The fraction of sp³-hybridized carbons (Fsp3) is 0.238. The molecule has 0 radical (unpaired) electrons. The molecule has 0 aliphatic carbocycles. The number of anilines is 1. The fourth-order valence-corrected chi connectivity index (χ4v) is 3.06. The van der Waals surface area contributed by atoms with Crippen LogP contribution in [0.4, 0.5) is 5.69 Å². The van der Waals surface area contributed by atoms with Crippen molar-refractivity contribution in [2.24, 2.45) is 0 Å². The van der Waals surface area contributed by atoms with Crippen molar-refractivity contribution in [1.82, 2.24) is 5.32 Å². The molecule has 5 nitrogen and oxygen atoms in total. The Kier molecular flexibility index (Phi) is 8.27. The largest absolute Gasteiger partial charge is 0.481 e. The minimum atomic E-state index is -0.137. The standard InChI is InChI=1S/C21H22N2O3S/c1-3-27-20-12-5-4-11-19(20)21(25)22-13-6-7-14-26-18-10-8-9-17(15-18)23-16(2)24/h4-5,8-12,15H,3,13-14H2,1-2H3,(H,22,25)(H,23,24). The molecule has 0 spiro atoms. The quantitative estimate of drug-likeness (QED) is 0.567. The number of amides is 2. The van der Waals surface area contributed by atoms with Crippen molar-refractivity contribution in [3.63, 3.8) is 0 Å². The highest BCUT2D eigenvalue weighted by molar-refractivity contribution is 7.99. The van der Waals surface area contributed by atoms with Gasteiger partial charge in [0.1, 0.15) is 12.4 Å².